The minimum Gasteiger partial charge on any atom is -0.326 e. The third-order valence-electron chi connectivity index (χ3n) is 4.45. The van der Waals surface area contributed by atoms with E-state index in [-0.39, 0.29) is 29.6 Å². The van der Waals surface area contributed by atoms with Gasteiger partial charge in [0.05, 0.1) is 15.5 Å². The molecule has 0 saturated carbocycles. The summed E-state index contributed by atoms with van der Waals surface area (Å²) in [6, 6.07) is 10.6. The Hall–Kier alpha value is -3.31. The lowest BCUT2D eigenvalue weighted by molar-refractivity contribution is -0.384. The highest BCUT2D eigenvalue weighted by atomic mass is 32.2. The molecule has 2 rings (SSSR count). The molecular weight excluding hydrogens is 422 g/mol. The zero-order valence-electron chi connectivity index (χ0n) is 17.7. The first-order chi connectivity index (χ1) is 14.6. The van der Waals surface area contributed by atoms with Gasteiger partial charge in [-0.15, -0.1) is 0 Å². The average Bonchev–Trinajstić information content (AvgIpc) is 2.72. The molecule has 10 nitrogen and oxygen atoms in total. The fraction of sp³-hybridized carbons (Fsp3) is 0.300. The van der Waals surface area contributed by atoms with Gasteiger partial charge in [-0.3, -0.25) is 20.3 Å². The minimum absolute atomic E-state index is 0.0564. The number of benzene rings is 2. The molecule has 0 unspecified atom stereocenters. The summed E-state index contributed by atoms with van der Waals surface area (Å²) in [7, 11) is -3.83. The lowest BCUT2D eigenvalue weighted by Gasteiger charge is -2.18. The number of sulfonamides is 1. The number of carbonyl (C=O) groups excluding carboxylic acids is 1. The summed E-state index contributed by atoms with van der Waals surface area (Å²) in [5.74, 6) is -0.208. The number of anilines is 2. The van der Waals surface area contributed by atoms with E-state index in [2.05, 4.69) is 15.8 Å². The van der Waals surface area contributed by atoms with E-state index < -0.39 is 20.6 Å². The number of nitro groups is 1. The van der Waals surface area contributed by atoms with Gasteiger partial charge in [0.1, 0.15) is 5.69 Å². The number of hydrazone groups is 1. The molecule has 11 heteroatoms. The Morgan fingerprint density at radius 1 is 1.13 bits per heavy atom. The van der Waals surface area contributed by atoms with Crippen LogP contribution >= 0.6 is 0 Å². The Bertz CT molecular complexity index is 1110. The second-order valence-corrected chi connectivity index (χ2v) is 8.53. The number of carbonyl (C=O) groups is 1. The normalized spacial score (nSPS) is 12.0. The zero-order valence-corrected chi connectivity index (χ0v) is 18.6. The predicted molar refractivity (Wildman–Crippen MR) is 120 cm³/mol. The zero-order chi connectivity index (χ0) is 23.2. The van der Waals surface area contributed by atoms with E-state index >= 15 is 0 Å². The second-order valence-electron chi connectivity index (χ2n) is 6.60. The molecule has 0 aromatic heterocycles. The molecule has 0 fully saturated rings. The van der Waals surface area contributed by atoms with E-state index in [1.807, 2.05) is 0 Å². The Kier molecular flexibility index (Phi) is 7.83. The van der Waals surface area contributed by atoms with Crippen molar-refractivity contribution in [3.05, 3.63) is 58.1 Å². The Balaban J connectivity index is 2.35. The van der Waals surface area contributed by atoms with E-state index in [0.29, 0.717) is 17.0 Å². The molecule has 0 spiro atoms. The Labute approximate surface area is 181 Å². The van der Waals surface area contributed by atoms with Crippen LogP contribution in [0.2, 0.25) is 0 Å². The van der Waals surface area contributed by atoms with Gasteiger partial charge >= 0.3 is 0 Å². The first-order valence-electron chi connectivity index (χ1n) is 9.57. The number of hydrogen-bond donors (Lipinski definition) is 2. The molecule has 0 radical (unpaired) electrons. The number of hydrogen-bond acceptors (Lipinski definition) is 7. The van der Waals surface area contributed by atoms with E-state index in [4.69, 9.17) is 0 Å². The van der Waals surface area contributed by atoms with Gasteiger partial charge in [-0.25, -0.2) is 8.42 Å². The van der Waals surface area contributed by atoms with Crippen molar-refractivity contribution in [2.45, 2.75) is 32.6 Å². The van der Waals surface area contributed by atoms with Crippen molar-refractivity contribution in [2.75, 3.05) is 23.8 Å². The van der Waals surface area contributed by atoms with Crippen molar-refractivity contribution in [3.63, 3.8) is 0 Å². The molecule has 0 atom stereocenters. The predicted octanol–water partition coefficient (Wildman–Crippen LogP) is 3.42. The van der Waals surface area contributed by atoms with Crippen LogP contribution in [0.1, 0.15) is 33.3 Å². The number of nitro benzene ring substituents is 1. The van der Waals surface area contributed by atoms with Crippen LogP contribution in [0, 0.1) is 10.1 Å². The minimum atomic E-state index is -3.83. The van der Waals surface area contributed by atoms with Crippen LogP contribution in [-0.2, 0) is 14.8 Å². The number of amides is 1. The van der Waals surface area contributed by atoms with Gasteiger partial charge in [-0.05, 0) is 36.8 Å². The van der Waals surface area contributed by atoms with E-state index in [0.717, 1.165) is 6.07 Å². The van der Waals surface area contributed by atoms with Crippen LogP contribution in [0.5, 0.6) is 0 Å². The SMILES string of the molecule is CCN(CC)S(=O)(=O)c1ccc(N/N=C(\C)c2cccc(NC(C)=O)c2)c([N+](=O)[O-])c1. The molecule has 0 aliphatic rings. The molecule has 166 valence electrons. The van der Waals surface area contributed by atoms with E-state index in [1.165, 1.54) is 23.4 Å². The summed E-state index contributed by atoms with van der Waals surface area (Å²) in [6.45, 7) is 7.01. The van der Waals surface area contributed by atoms with Gasteiger partial charge in [-0.2, -0.15) is 9.41 Å². The number of nitrogens with zero attached hydrogens (tertiary/aromatic N) is 3. The van der Waals surface area contributed by atoms with Crippen LogP contribution in [0.4, 0.5) is 17.1 Å². The molecular formula is C20H25N5O5S. The summed E-state index contributed by atoms with van der Waals surface area (Å²) < 4.78 is 26.6. The summed E-state index contributed by atoms with van der Waals surface area (Å²) in [6.07, 6.45) is 0. The fourth-order valence-electron chi connectivity index (χ4n) is 2.86. The molecule has 2 aromatic carbocycles. The molecule has 2 N–H and O–H groups in total. The lowest BCUT2D eigenvalue weighted by atomic mass is 10.1. The third kappa shape index (κ3) is 5.86. The van der Waals surface area contributed by atoms with Gasteiger partial charge in [-0.1, -0.05) is 26.0 Å². The van der Waals surface area contributed by atoms with Crippen LogP contribution < -0.4 is 10.7 Å². The van der Waals surface area contributed by atoms with Crippen LogP contribution in [-0.4, -0.2) is 42.4 Å². The topological polar surface area (TPSA) is 134 Å². The Morgan fingerprint density at radius 3 is 2.39 bits per heavy atom. The monoisotopic (exact) mass is 447 g/mol. The van der Waals surface area contributed by atoms with E-state index in [9.17, 15) is 23.3 Å². The fourth-order valence-corrected chi connectivity index (χ4v) is 4.34. The molecule has 2 aromatic rings. The second kappa shape index (κ2) is 10.1. The summed E-state index contributed by atoms with van der Waals surface area (Å²) in [5, 5.41) is 18.4. The average molecular weight is 448 g/mol. The van der Waals surface area contributed by atoms with Crippen molar-refractivity contribution >= 4 is 38.7 Å². The summed E-state index contributed by atoms with van der Waals surface area (Å²) in [5.41, 5.74) is 4.10. The van der Waals surface area contributed by atoms with Crippen LogP contribution in [0.15, 0.2) is 52.5 Å². The summed E-state index contributed by atoms with van der Waals surface area (Å²) >= 11 is 0. The van der Waals surface area contributed by atoms with Crippen molar-refractivity contribution < 1.29 is 18.1 Å². The largest absolute Gasteiger partial charge is 0.326 e. The highest BCUT2D eigenvalue weighted by Gasteiger charge is 2.25. The Morgan fingerprint density at radius 2 is 1.81 bits per heavy atom. The third-order valence-corrected chi connectivity index (χ3v) is 6.50. The van der Waals surface area contributed by atoms with Gasteiger partial charge in [0.2, 0.25) is 15.9 Å². The molecule has 0 heterocycles. The maximum Gasteiger partial charge on any atom is 0.295 e. The van der Waals surface area contributed by atoms with E-state index in [1.54, 1.807) is 45.0 Å². The van der Waals surface area contributed by atoms with Gasteiger partial charge in [0, 0.05) is 31.8 Å². The lowest BCUT2D eigenvalue weighted by Crippen LogP contribution is -2.30. The number of nitrogens with one attached hydrogen (secondary N) is 2. The van der Waals surface area contributed by atoms with Crippen molar-refractivity contribution in [1.29, 1.82) is 0 Å². The quantitative estimate of drug-likeness (QED) is 0.344. The first-order valence-corrected chi connectivity index (χ1v) is 11.0. The summed E-state index contributed by atoms with van der Waals surface area (Å²) in [4.78, 5) is 21.9. The highest BCUT2D eigenvalue weighted by Crippen LogP contribution is 2.29. The molecule has 0 bridgehead atoms. The molecule has 0 aliphatic carbocycles. The van der Waals surface area contributed by atoms with Crippen molar-refractivity contribution in [1.82, 2.24) is 4.31 Å². The first kappa shape index (κ1) is 24.0. The maximum atomic E-state index is 12.7. The van der Waals surface area contributed by atoms with Gasteiger partial charge < -0.3 is 5.32 Å². The molecule has 31 heavy (non-hydrogen) atoms. The maximum absolute atomic E-state index is 12.7. The smallest absolute Gasteiger partial charge is 0.295 e. The van der Waals surface area contributed by atoms with Gasteiger partial charge in [0.25, 0.3) is 5.69 Å². The molecule has 0 aliphatic heterocycles. The van der Waals surface area contributed by atoms with Crippen LogP contribution in [0.25, 0.3) is 0 Å². The molecule has 0 saturated heterocycles. The number of rotatable bonds is 9. The van der Waals surface area contributed by atoms with Crippen molar-refractivity contribution in [3.8, 4) is 0 Å². The molecule has 1 amide bonds. The van der Waals surface area contributed by atoms with Gasteiger partial charge in [0.15, 0.2) is 0 Å². The highest BCUT2D eigenvalue weighted by molar-refractivity contribution is 7.89. The van der Waals surface area contributed by atoms with Crippen molar-refractivity contribution in [2.24, 2.45) is 5.10 Å². The standard InChI is InChI=1S/C20H25N5O5S/c1-5-24(6-2)31(29,30)18-10-11-19(20(13-18)25(27)28)23-22-14(3)16-8-7-9-17(12-16)21-15(4)26/h7-13,23H,5-6H2,1-4H3,(H,21,26)/b22-14+. The van der Waals surface area contributed by atoms with Crippen LogP contribution in [0.3, 0.4) is 0 Å².